The average molecular weight is 230 g/mol. The number of halogens is 1. The van der Waals surface area contributed by atoms with E-state index >= 15 is 0 Å². The first kappa shape index (κ1) is 11.6. The van der Waals surface area contributed by atoms with Crippen molar-refractivity contribution in [2.45, 2.75) is 13.3 Å². The number of aryl methyl sites for hydroxylation is 1. The molecule has 0 spiro atoms. The van der Waals surface area contributed by atoms with Crippen LogP contribution in [0, 0.1) is 12.7 Å². The topological polar surface area (TPSA) is 9.23 Å². The van der Waals surface area contributed by atoms with Crippen molar-refractivity contribution in [2.24, 2.45) is 0 Å². The molecule has 0 amide bonds. The van der Waals surface area contributed by atoms with Crippen LogP contribution in [0.15, 0.2) is 48.5 Å². The van der Waals surface area contributed by atoms with Crippen molar-refractivity contribution in [3.05, 3.63) is 65.5 Å². The summed E-state index contributed by atoms with van der Waals surface area (Å²) in [5.74, 6) is 0.468. The second-order valence-corrected chi connectivity index (χ2v) is 4.04. The molecule has 0 saturated carbocycles. The van der Waals surface area contributed by atoms with Crippen LogP contribution in [-0.4, -0.2) is 6.61 Å². The van der Waals surface area contributed by atoms with Crippen LogP contribution in [0.5, 0.6) is 5.75 Å². The van der Waals surface area contributed by atoms with Gasteiger partial charge in [0, 0.05) is 6.42 Å². The lowest BCUT2D eigenvalue weighted by molar-refractivity contribution is 0.321. The summed E-state index contributed by atoms with van der Waals surface area (Å²) in [5, 5.41) is 0. The number of ether oxygens (including phenoxy) is 1. The highest BCUT2D eigenvalue weighted by atomic mass is 19.1. The lowest BCUT2D eigenvalue weighted by Crippen LogP contribution is -2.01. The Bertz CT molecular complexity index is 477. The van der Waals surface area contributed by atoms with Crippen molar-refractivity contribution >= 4 is 0 Å². The van der Waals surface area contributed by atoms with Crippen LogP contribution in [0.25, 0.3) is 0 Å². The number of benzene rings is 2. The molecule has 0 aliphatic heterocycles. The number of hydrogen-bond donors (Lipinski definition) is 0. The van der Waals surface area contributed by atoms with Crippen LogP contribution in [0.3, 0.4) is 0 Å². The monoisotopic (exact) mass is 230 g/mol. The molecule has 0 aromatic heterocycles. The fourth-order valence-corrected chi connectivity index (χ4v) is 1.69. The molecular weight excluding hydrogens is 215 g/mol. The molecule has 0 aliphatic carbocycles. The third kappa shape index (κ3) is 3.59. The van der Waals surface area contributed by atoms with Crippen molar-refractivity contribution in [3.8, 4) is 5.75 Å². The molecule has 2 aromatic rings. The van der Waals surface area contributed by atoms with Crippen LogP contribution in [0.1, 0.15) is 11.1 Å². The summed E-state index contributed by atoms with van der Waals surface area (Å²) >= 11 is 0. The Kier molecular flexibility index (Phi) is 3.76. The molecule has 88 valence electrons. The molecule has 0 unspecified atom stereocenters. The number of hydrogen-bond acceptors (Lipinski definition) is 1. The summed E-state index contributed by atoms with van der Waals surface area (Å²) < 4.78 is 18.2. The van der Waals surface area contributed by atoms with E-state index in [0.29, 0.717) is 12.4 Å². The molecule has 0 aliphatic rings. The zero-order valence-corrected chi connectivity index (χ0v) is 9.82. The maximum Gasteiger partial charge on any atom is 0.123 e. The summed E-state index contributed by atoms with van der Waals surface area (Å²) in [6.45, 7) is 2.68. The van der Waals surface area contributed by atoms with Crippen LogP contribution < -0.4 is 4.74 Å². The first-order valence-corrected chi connectivity index (χ1v) is 5.68. The Hall–Kier alpha value is -1.83. The summed E-state index contributed by atoms with van der Waals surface area (Å²) in [6, 6.07) is 14.4. The average Bonchev–Trinajstić information content (AvgIpc) is 2.32. The van der Waals surface area contributed by atoms with E-state index in [1.807, 2.05) is 6.07 Å². The molecule has 0 bridgehead atoms. The van der Waals surface area contributed by atoms with Crippen LogP contribution >= 0.6 is 0 Å². The van der Waals surface area contributed by atoms with E-state index in [9.17, 15) is 4.39 Å². The molecule has 17 heavy (non-hydrogen) atoms. The van der Waals surface area contributed by atoms with E-state index in [0.717, 1.165) is 6.42 Å². The predicted octanol–water partition coefficient (Wildman–Crippen LogP) is 3.76. The Morgan fingerprint density at radius 2 is 1.82 bits per heavy atom. The Morgan fingerprint density at radius 3 is 2.53 bits per heavy atom. The first-order valence-electron chi connectivity index (χ1n) is 5.68. The SMILES string of the molecule is Cc1cccc(CCOc2ccc(F)cc2)c1. The smallest absolute Gasteiger partial charge is 0.123 e. The normalized spacial score (nSPS) is 10.2. The van der Waals surface area contributed by atoms with Gasteiger partial charge in [-0.3, -0.25) is 0 Å². The molecular formula is C15H15FO. The summed E-state index contributed by atoms with van der Waals surface area (Å²) in [6.07, 6.45) is 0.860. The standard InChI is InChI=1S/C15H15FO/c1-12-3-2-4-13(11-12)9-10-17-15-7-5-14(16)6-8-15/h2-8,11H,9-10H2,1H3. The van der Waals surface area contributed by atoms with Gasteiger partial charge in [0.1, 0.15) is 11.6 Å². The quantitative estimate of drug-likeness (QED) is 0.777. The Labute approximate surface area is 101 Å². The maximum atomic E-state index is 12.7. The molecule has 2 rings (SSSR count). The number of rotatable bonds is 4. The van der Waals surface area contributed by atoms with E-state index in [-0.39, 0.29) is 5.82 Å². The highest BCUT2D eigenvalue weighted by Gasteiger charge is 1.96. The highest BCUT2D eigenvalue weighted by molar-refractivity contribution is 5.24. The zero-order chi connectivity index (χ0) is 12.1. The van der Waals surface area contributed by atoms with E-state index in [1.54, 1.807) is 12.1 Å². The summed E-state index contributed by atoms with van der Waals surface area (Å²) in [5.41, 5.74) is 2.51. The Morgan fingerprint density at radius 1 is 1.06 bits per heavy atom. The van der Waals surface area contributed by atoms with E-state index in [2.05, 4.69) is 25.1 Å². The van der Waals surface area contributed by atoms with Gasteiger partial charge in [-0.15, -0.1) is 0 Å². The van der Waals surface area contributed by atoms with Crippen molar-refractivity contribution in [1.82, 2.24) is 0 Å². The molecule has 0 radical (unpaired) electrons. The second kappa shape index (κ2) is 5.48. The van der Waals surface area contributed by atoms with Crippen LogP contribution in [0.4, 0.5) is 4.39 Å². The third-order valence-electron chi connectivity index (χ3n) is 2.56. The van der Waals surface area contributed by atoms with Gasteiger partial charge in [0.25, 0.3) is 0 Å². The largest absolute Gasteiger partial charge is 0.493 e. The minimum Gasteiger partial charge on any atom is -0.493 e. The van der Waals surface area contributed by atoms with Gasteiger partial charge in [-0.1, -0.05) is 29.8 Å². The zero-order valence-electron chi connectivity index (χ0n) is 9.82. The molecule has 0 saturated heterocycles. The molecule has 0 N–H and O–H groups in total. The maximum absolute atomic E-state index is 12.7. The first-order chi connectivity index (χ1) is 8.24. The molecule has 2 aromatic carbocycles. The summed E-state index contributed by atoms with van der Waals surface area (Å²) in [4.78, 5) is 0. The van der Waals surface area contributed by atoms with Gasteiger partial charge in [0.05, 0.1) is 6.61 Å². The lowest BCUT2D eigenvalue weighted by Gasteiger charge is -2.06. The van der Waals surface area contributed by atoms with E-state index < -0.39 is 0 Å². The third-order valence-corrected chi connectivity index (χ3v) is 2.56. The molecule has 0 fully saturated rings. The van der Waals surface area contributed by atoms with E-state index in [1.165, 1.54) is 23.3 Å². The van der Waals surface area contributed by atoms with Gasteiger partial charge in [-0.2, -0.15) is 0 Å². The van der Waals surface area contributed by atoms with Crippen LogP contribution in [-0.2, 0) is 6.42 Å². The van der Waals surface area contributed by atoms with Gasteiger partial charge in [0.15, 0.2) is 0 Å². The molecule has 0 heterocycles. The fourth-order valence-electron chi connectivity index (χ4n) is 1.69. The van der Waals surface area contributed by atoms with Gasteiger partial charge >= 0.3 is 0 Å². The second-order valence-electron chi connectivity index (χ2n) is 4.04. The predicted molar refractivity (Wildman–Crippen MR) is 66.8 cm³/mol. The van der Waals surface area contributed by atoms with Crippen molar-refractivity contribution in [1.29, 1.82) is 0 Å². The minimum absolute atomic E-state index is 0.240. The van der Waals surface area contributed by atoms with Gasteiger partial charge in [-0.25, -0.2) is 4.39 Å². The molecule has 1 nitrogen and oxygen atoms in total. The Balaban J connectivity index is 1.85. The van der Waals surface area contributed by atoms with E-state index in [4.69, 9.17) is 4.74 Å². The van der Waals surface area contributed by atoms with Crippen molar-refractivity contribution in [2.75, 3.05) is 6.61 Å². The van der Waals surface area contributed by atoms with Crippen molar-refractivity contribution in [3.63, 3.8) is 0 Å². The lowest BCUT2D eigenvalue weighted by atomic mass is 10.1. The summed E-state index contributed by atoms with van der Waals surface area (Å²) in [7, 11) is 0. The van der Waals surface area contributed by atoms with Gasteiger partial charge in [-0.05, 0) is 36.8 Å². The van der Waals surface area contributed by atoms with Gasteiger partial charge in [0.2, 0.25) is 0 Å². The minimum atomic E-state index is -0.240. The molecule has 0 atom stereocenters. The van der Waals surface area contributed by atoms with Crippen LogP contribution in [0.2, 0.25) is 0 Å². The van der Waals surface area contributed by atoms with Crippen molar-refractivity contribution < 1.29 is 9.13 Å². The fraction of sp³-hybridized carbons (Fsp3) is 0.200. The van der Waals surface area contributed by atoms with Gasteiger partial charge < -0.3 is 4.74 Å². The highest BCUT2D eigenvalue weighted by Crippen LogP contribution is 2.12. The molecule has 2 heteroatoms.